The number of hydrogen-bond acceptors (Lipinski definition) is 2. The van der Waals surface area contributed by atoms with E-state index in [9.17, 15) is 0 Å². The van der Waals surface area contributed by atoms with Crippen LogP contribution in [0.4, 0.5) is 0 Å². The molecule has 2 saturated carbocycles. The highest BCUT2D eigenvalue weighted by atomic mass is 32.1. The second-order valence-corrected chi connectivity index (χ2v) is 5.96. The summed E-state index contributed by atoms with van der Waals surface area (Å²) >= 11 is 5.52. The lowest BCUT2D eigenvalue weighted by Crippen LogP contribution is -2.42. The molecule has 18 heavy (non-hydrogen) atoms. The van der Waals surface area contributed by atoms with E-state index in [1.54, 1.807) is 0 Å². The normalized spacial score (nSPS) is 18.7. The van der Waals surface area contributed by atoms with Crippen LogP contribution in [0.5, 0.6) is 0 Å². The van der Waals surface area contributed by atoms with Crippen molar-refractivity contribution in [1.82, 2.24) is 10.2 Å². The van der Waals surface area contributed by atoms with E-state index in [0.717, 1.165) is 43.1 Å². The van der Waals surface area contributed by atoms with Crippen molar-refractivity contribution in [1.29, 1.82) is 0 Å². The van der Waals surface area contributed by atoms with Gasteiger partial charge in [-0.1, -0.05) is 0 Å². The second kappa shape index (κ2) is 7.29. The molecule has 0 amide bonds. The van der Waals surface area contributed by atoms with Gasteiger partial charge in [-0.3, -0.25) is 0 Å². The Morgan fingerprint density at radius 3 is 2.33 bits per heavy atom. The molecule has 0 aromatic heterocycles. The first kappa shape index (κ1) is 14.1. The molecule has 2 rings (SSSR count). The van der Waals surface area contributed by atoms with Gasteiger partial charge in [-0.15, -0.1) is 0 Å². The largest absolute Gasteiger partial charge is 0.382 e. The summed E-state index contributed by atoms with van der Waals surface area (Å²) in [5.74, 6) is 1.82. The summed E-state index contributed by atoms with van der Waals surface area (Å²) in [7, 11) is 0. The smallest absolute Gasteiger partial charge is 0.168 e. The zero-order chi connectivity index (χ0) is 12.8. The number of hydrogen-bond donors (Lipinski definition) is 1. The Morgan fingerprint density at radius 2 is 1.83 bits per heavy atom. The predicted molar refractivity (Wildman–Crippen MR) is 78.7 cm³/mol. The third kappa shape index (κ3) is 5.53. The number of thiocarbonyl (C=S) groups is 1. The van der Waals surface area contributed by atoms with E-state index in [0.29, 0.717) is 0 Å². The van der Waals surface area contributed by atoms with E-state index >= 15 is 0 Å². The monoisotopic (exact) mass is 270 g/mol. The third-order valence-electron chi connectivity index (χ3n) is 3.58. The summed E-state index contributed by atoms with van der Waals surface area (Å²) in [6.07, 6.45) is 6.62. The van der Waals surface area contributed by atoms with Crippen LogP contribution in [-0.4, -0.2) is 42.9 Å². The van der Waals surface area contributed by atoms with Crippen molar-refractivity contribution in [3.63, 3.8) is 0 Å². The maximum Gasteiger partial charge on any atom is 0.168 e. The Morgan fingerprint density at radius 1 is 1.22 bits per heavy atom. The van der Waals surface area contributed by atoms with Crippen molar-refractivity contribution in [3.05, 3.63) is 0 Å². The van der Waals surface area contributed by atoms with Gasteiger partial charge < -0.3 is 15.0 Å². The van der Waals surface area contributed by atoms with Crippen LogP contribution in [0.1, 0.15) is 39.0 Å². The minimum Gasteiger partial charge on any atom is -0.382 e. The van der Waals surface area contributed by atoms with Crippen LogP contribution in [0.15, 0.2) is 0 Å². The van der Waals surface area contributed by atoms with E-state index in [2.05, 4.69) is 10.2 Å². The fourth-order valence-electron chi connectivity index (χ4n) is 2.09. The molecule has 2 aliphatic rings. The number of nitrogens with one attached hydrogen (secondary N) is 1. The van der Waals surface area contributed by atoms with E-state index < -0.39 is 0 Å². The van der Waals surface area contributed by atoms with Gasteiger partial charge in [-0.2, -0.15) is 0 Å². The lowest BCUT2D eigenvalue weighted by Gasteiger charge is -2.26. The molecule has 0 spiro atoms. The summed E-state index contributed by atoms with van der Waals surface area (Å²) in [5, 5.41) is 4.35. The van der Waals surface area contributed by atoms with Crippen LogP contribution in [0.3, 0.4) is 0 Å². The molecule has 2 aliphatic carbocycles. The predicted octanol–water partition coefficient (Wildman–Crippen LogP) is 2.41. The molecule has 0 aromatic rings. The molecule has 4 heteroatoms. The van der Waals surface area contributed by atoms with E-state index in [1.165, 1.54) is 38.8 Å². The Hall–Kier alpha value is -0.350. The number of nitrogens with zero attached hydrogens (tertiary/aromatic N) is 1. The minimum atomic E-state index is 0.805. The number of rotatable bonds is 9. The molecule has 2 fully saturated rings. The molecule has 3 nitrogen and oxygen atoms in total. The molecule has 0 unspecified atom stereocenters. The summed E-state index contributed by atoms with van der Waals surface area (Å²) in [6, 6.07) is 0. The van der Waals surface area contributed by atoms with Gasteiger partial charge in [0.2, 0.25) is 0 Å². The van der Waals surface area contributed by atoms with Crippen molar-refractivity contribution in [2.24, 2.45) is 11.8 Å². The van der Waals surface area contributed by atoms with Crippen molar-refractivity contribution in [3.8, 4) is 0 Å². The van der Waals surface area contributed by atoms with E-state index in [1.807, 2.05) is 6.92 Å². The van der Waals surface area contributed by atoms with Crippen LogP contribution in [0.25, 0.3) is 0 Å². The topological polar surface area (TPSA) is 24.5 Å². The summed E-state index contributed by atoms with van der Waals surface area (Å²) in [4.78, 5) is 2.41. The van der Waals surface area contributed by atoms with E-state index in [-0.39, 0.29) is 0 Å². The van der Waals surface area contributed by atoms with Gasteiger partial charge in [0.05, 0.1) is 0 Å². The zero-order valence-corrected chi connectivity index (χ0v) is 12.3. The molecule has 0 aliphatic heterocycles. The van der Waals surface area contributed by atoms with Gasteiger partial charge in [0.15, 0.2) is 5.11 Å². The van der Waals surface area contributed by atoms with Crippen molar-refractivity contribution in [2.75, 3.05) is 32.8 Å². The Labute approximate surface area is 116 Å². The molecule has 1 N–H and O–H groups in total. The first-order valence-corrected chi connectivity index (χ1v) is 7.81. The molecule has 0 saturated heterocycles. The first-order chi connectivity index (χ1) is 8.79. The third-order valence-corrected chi connectivity index (χ3v) is 3.99. The molecular weight excluding hydrogens is 244 g/mol. The van der Waals surface area contributed by atoms with Gasteiger partial charge in [0, 0.05) is 32.8 Å². The molecular formula is C14H26N2OS. The maximum atomic E-state index is 5.52. The molecule has 0 aromatic carbocycles. The maximum absolute atomic E-state index is 5.52. The number of ether oxygens (including phenoxy) is 1. The lowest BCUT2D eigenvalue weighted by molar-refractivity contribution is 0.145. The van der Waals surface area contributed by atoms with Crippen molar-refractivity contribution >= 4 is 17.3 Å². The average molecular weight is 270 g/mol. The van der Waals surface area contributed by atoms with Gasteiger partial charge in [0.25, 0.3) is 0 Å². The fourth-order valence-corrected chi connectivity index (χ4v) is 2.34. The Kier molecular flexibility index (Phi) is 5.70. The van der Waals surface area contributed by atoms with Crippen LogP contribution < -0.4 is 5.32 Å². The van der Waals surface area contributed by atoms with Gasteiger partial charge in [0.1, 0.15) is 0 Å². The molecule has 0 atom stereocenters. The SMILES string of the molecule is CCOCCCNC(=S)N(CC1CC1)CC1CC1. The van der Waals surface area contributed by atoms with Gasteiger partial charge in [-0.05, 0) is 63.1 Å². The molecule has 0 radical (unpaired) electrons. The van der Waals surface area contributed by atoms with E-state index in [4.69, 9.17) is 17.0 Å². The standard InChI is InChI=1S/C14H26N2OS/c1-2-17-9-3-8-15-14(18)16(10-12-4-5-12)11-13-6-7-13/h12-13H,2-11H2,1H3,(H,15,18). The molecule has 0 bridgehead atoms. The van der Waals surface area contributed by atoms with Crippen LogP contribution in [0, 0.1) is 11.8 Å². The second-order valence-electron chi connectivity index (χ2n) is 5.57. The van der Waals surface area contributed by atoms with Crippen molar-refractivity contribution < 1.29 is 4.74 Å². The van der Waals surface area contributed by atoms with Crippen LogP contribution in [-0.2, 0) is 4.74 Å². The summed E-state index contributed by atoms with van der Waals surface area (Å²) < 4.78 is 5.33. The highest BCUT2D eigenvalue weighted by Crippen LogP contribution is 2.33. The molecule has 0 heterocycles. The lowest BCUT2D eigenvalue weighted by atomic mass is 10.3. The summed E-state index contributed by atoms with van der Waals surface area (Å²) in [6.45, 7) is 6.95. The highest BCUT2D eigenvalue weighted by molar-refractivity contribution is 7.80. The van der Waals surface area contributed by atoms with Crippen LogP contribution in [0.2, 0.25) is 0 Å². The zero-order valence-electron chi connectivity index (χ0n) is 11.5. The fraction of sp³-hybridized carbons (Fsp3) is 0.929. The minimum absolute atomic E-state index is 0.805. The van der Waals surface area contributed by atoms with Gasteiger partial charge >= 0.3 is 0 Å². The summed E-state index contributed by atoms with van der Waals surface area (Å²) in [5.41, 5.74) is 0. The first-order valence-electron chi connectivity index (χ1n) is 7.40. The Balaban J connectivity index is 1.62. The van der Waals surface area contributed by atoms with Crippen molar-refractivity contribution in [2.45, 2.75) is 39.0 Å². The van der Waals surface area contributed by atoms with Crippen LogP contribution >= 0.6 is 12.2 Å². The Bertz CT molecular complexity index is 251. The average Bonchev–Trinajstić information content (AvgIpc) is 3.22. The highest BCUT2D eigenvalue weighted by Gasteiger charge is 2.30. The van der Waals surface area contributed by atoms with Gasteiger partial charge in [-0.25, -0.2) is 0 Å². The quantitative estimate of drug-likeness (QED) is 0.514. The molecule has 104 valence electrons.